The van der Waals surface area contributed by atoms with Crippen molar-refractivity contribution < 1.29 is 19.1 Å². The molecule has 0 saturated heterocycles. The molecule has 0 saturated carbocycles. The highest BCUT2D eigenvalue weighted by Crippen LogP contribution is 2.37. The topological polar surface area (TPSA) is 122 Å². The Labute approximate surface area is 175 Å². The van der Waals surface area contributed by atoms with Crippen LogP contribution in [0.15, 0.2) is 61.1 Å². The fourth-order valence-electron chi connectivity index (χ4n) is 3.23. The van der Waals surface area contributed by atoms with Crippen molar-refractivity contribution in [3.05, 3.63) is 76.7 Å². The molecule has 10 nitrogen and oxygen atoms in total. The molecule has 10 heteroatoms. The van der Waals surface area contributed by atoms with Crippen LogP contribution in [-0.2, 0) is 6.54 Å². The second-order valence-electron chi connectivity index (χ2n) is 6.61. The van der Waals surface area contributed by atoms with E-state index in [1.54, 1.807) is 30.5 Å². The summed E-state index contributed by atoms with van der Waals surface area (Å²) in [7, 11) is 0. The van der Waals surface area contributed by atoms with E-state index in [-0.39, 0.29) is 30.7 Å². The van der Waals surface area contributed by atoms with E-state index >= 15 is 0 Å². The number of anilines is 1. The number of para-hydroxylation sites is 1. The molecule has 0 unspecified atom stereocenters. The van der Waals surface area contributed by atoms with Gasteiger partial charge in [0.15, 0.2) is 17.2 Å². The molecule has 0 fully saturated rings. The first-order valence-corrected chi connectivity index (χ1v) is 9.32. The van der Waals surface area contributed by atoms with Crippen molar-refractivity contribution in [1.29, 1.82) is 0 Å². The molecular formula is C21H15N5O5. The highest BCUT2D eigenvalue weighted by molar-refractivity contribution is 5.84. The van der Waals surface area contributed by atoms with E-state index in [9.17, 15) is 10.1 Å². The van der Waals surface area contributed by atoms with E-state index < -0.39 is 4.92 Å². The molecule has 0 bridgehead atoms. The van der Waals surface area contributed by atoms with Crippen LogP contribution >= 0.6 is 0 Å². The Morgan fingerprint density at radius 3 is 2.84 bits per heavy atom. The number of nitrogens with one attached hydrogen (secondary N) is 1. The van der Waals surface area contributed by atoms with Crippen LogP contribution in [-0.4, -0.2) is 26.7 Å². The largest absolute Gasteiger partial charge is 0.454 e. The van der Waals surface area contributed by atoms with E-state index in [0.717, 1.165) is 10.9 Å². The van der Waals surface area contributed by atoms with Gasteiger partial charge in [0.1, 0.15) is 11.8 Å². The Kier molecular flexibility index (Phi) is 4.64. The van der Waals surface area contributed by atoms with Crippen molar-refractivity contribution >= 4 is 22.4 Å². The smallest absolute Gasteiger partial charge is 0.373 e. The van der Waals surface area contributed by atoms with Crippen LogP contribution in [0.2, 0.25) is 0 Å². The molecule has 0 amide bonds. The van der Waals surface area contributed by atoms with Gasteiger partial charge in [0.2, 0.25) is 12.6 Å². The van der Waals surface area contributed by atoms with Gasteiger partial charge in [-0.2, -0.15) is 4.98 Å². The zero-order valence-electron chi connectivity index (χ0n) is 16.0. The number of ether oxygens (including phenoxy) is 3. The molecule has 4 aromatic rings. The number of hydrogen-bond acceptors (Lipinski definition) is 9. The van der Waals surface area contributed by atoms with E-state index in [0.29, 0.717) is 22.8 Å². The first kappa shape index (κ1) is 18.6. The first-order chi connectivity index (χ1) is 15.2. The highest BCUT2D eigenvalue weighted by Gasteiger charge is 2.25. The van der Waals surface area contributed by atoms with Gasteiger partial charge in [-0.1, -0.05) is 24.3 Å². The summed E-state index contributed by atoms with van der Waals surface area (Å²) < 4.78 is 16.5. The van der Waals surface area contributed by atoms with Crippen molar-refractivity contribution in [2.24, 2.45) is 0 Å². The minimum absolute atomic E-state index is 0.0425. The number of aromatic nitrogens is 3. The molecule has 1 aliphatic heterocycles. The molecule has 3 heterocycles. The third kappa shape index (κ3) is 3.62. The van der Waals surface area contributed by atoms with Crippen molar-refractivity contribution in [2.45, 2.75) is 6.54 Å². The van der Waals surface area contributed by atoms with Crippen molar-refractivity contribution in [3.63, 3.8) is 0 Å². The van der Waals surface area contributed by atoms with Crippen LogP contribution < -0.4 is 19.5 Å². The number of rotatable bonds is 6. The van der Waals surface area contributed by atoms with E-state index in [4.69, 9.17) is 14.2 Å². The maximum atomic E-state index is 11.8. The average molecular weight is 417 g/mol. The molecule has 0 spiro atoms. The lowest BCUT2D eigenvalue weighted by Gasteiger charge is -2.10. The minimum Gasteiger partial charge on any atom is -0.454 e. The van der Waals surface area contributed by atoms with E-state index in [2.05, 4.69) is 20.3 Å². The Bertz CT molecular complexity index is 1290. The molecule has 2 aromatic carbocycles. The molecule has 154 valence electrons. The Morgan fingerprint density at radius 2 is 1.94 bits per heavy atom. The van der Waals surface area contributed by atoms with Gasteiger partial charge in [-0.25, -0.2) is 4.98 Å². The quantitative estimate of drug-likeness (QED) is 0.365. The van der Waals surface area contributed by atoms with E-state index in [1.807, 2.05) is 24.3 Å². The van der Waals surface area contributed by atoms with Gasteiger partial charge < -0.3 is 19.5 Å². The third-order valence-electron chi connectivity index (χ3n) is 4.67. The molecular weight excluding hydrogens is 402 g/mol. The molecule has 1 N–H and O–H groups in total. The zero-order valence-corrected chi connectivity index (χ0v) is 16.0. The van der Waals surface area contributed by atoms with Gasteiger partial charge in [0, 0.05) is 18.1 Å². The summed E-state index contributed by atoms with van der Waals surface area (Å²) in [4.78, 5) is 23.6. The number of nitro groups is 1. The third-order valence-corrected chi connectivity index (χ3v) is 4.67. The fraction of sp³-hybridized carbons (Fsp3) is 0.0952. The summed E-state index contributed by atoms with van der Waals surface area (Å²) in [6.07, 6.45) is 2.84. The predicted molar refractivity (Wildman–Crippen MR) is 110 cm³/mol. The van der Waals surface area contributed by atoms with Gasteiger partial charge in [0.05, 0.1) is 4.92 Å². The molecule has 0 aliphatic carbocycles. The fourth-order valence-corrected chi connectivity index (χ4v) is 3.23. The number of pyridine rings is 1. The van der Waals surface area contributed by atoms with Gasteiger partial charge in [-0.15, -0.1) is 0 Å². The maximum absolute atomic E-state index is 11.8. The first-order valence-electron chi connectivity index (χ1n) is 9.32. The average Bonchev–Trinajstić information content (AvgIpc) is 3.26. The zero-order chi connectivity index (χ0) is 21.2. The number of nitrogens with zero attached hydrogens (tertiary/aromatic N) is 4. The molecule has 5 rings (SSSR count). The Morgan fingerprint density at radius 1 is 1.06 bits per heavy atom. The normalized spacial score (nSPS) is 12.0. The summed E-state index contributed by atoms with van der Waals surface area (Å²) in [5.41, 5.74) is 1.06. The summed E-state index contributed by atoms with van der Waals surface area (Å²) in [6.45, 7) is 0.455. The monoisotopic (exact) mass is 417 g/mol. The standard InChI is InChI=1S/C21H15N5O5/c27-26(28)19-20(23-10-13-6-7-15-17(9-13)30-12-29-15)24-11-25-21(19)31-16-5-1-3-14-4-2-8-22-18(14)16/h1-9,11H,10,12H2,(H,23,24,25). The summed E-state index contributed by atoms with van der Waals surface area (Å²) in [5.74, 6) is 1.52. The van der Waals surface area contributed by atoms with Crippen molar-refractivity contribution in [1.82, 2.24) is 15.0 Å². The van der Waals surface area contributed by atoms with Crippen LogP contribution in [0.3, 0.4) is 0 Å². The lowest BCUT2D eigenvalue weighted by molar-refractivity contribution is -0.385. The number of fused-ring (bicyclic) bond motifs is 2. The Hall–Kier alpha value is -4.47. The van der Waals surface area contributed by atoms with Crippen LogP contribution in [0.5, 0.6) is 23.1 Å². The second-order valence-corrected chi connectivity index (χ2v) is 6.61. The lowest BCUT2D eigenvalue weighted by Crippen LogP contribution is -2.07. The second kappa shape index (κ2) is 7.75. The predicted octanol–water partition coefficient (Wildman–Crippen LogP) is 4.07. The molecule has 31 heavy (non-hydrogen) atoms. The molecule has 2 aromatic heterocycles. The van der Waals surface area contributed by atoms with E-state index in [1.165, 1.54) is 6.33 Å². The number of benzene rings is 2. The number of hydrogen-bond donors (Lipinski definition) is 1. The van der Waals surface area contributed by atoms with Crippen molar-refractivity contribution in [2.75, 3.05) is 12.1 Å². The Balaban J connectivity index is 1.44. The van der Waals surface area contributed by atoms with Gasteiger partial charge in [0.25, 0.3) is 0 Å². The van der Waals surface area contributed by atoms with Gasteiger partial charge in [-0.05, 0) is 29.8 Å². The summed E-state index contributed by atoms with van der Waals surface area (Å²) >= 11 is 0. The highest BCUT2D eigenvalue weighted by atomic mass is 16.7. The van der Waals surface area contributed by atoms with Crippen molar-refractivity contribution in [3.8, 4) is 23.1 Å². The van der Waals surface area contributed by atoms with Crippen LogP contribution in [0, 0.1) is 10.1 Å². The molecule has 1 aliphatic rings. The minimum atomic E-state index is -0.574. The lowest BCUT2D eigenvalue weighted by atomic mass is 10.2. The SMILES string of the molecule is O=[N+]([O-])c1c(NCc2ccc3c(c2)OCO3)ncnc1Oc1cccc2cccnc12. The van der Waals surface area contributed by atoms with Crippen LogP contribution in [0.25, 0.3) is 10.9 Å². The summed E-state index contributed by atoms with van der Waals surface area (Å²) in [6, 6.07) is 14.5. The maximum Gasteiger partial charge on any atom is 0.373 e. The van der Waals surface area contributed by atoms with Crippen LogP contribution in [0.4, 0.5) is 11.5 Å². The van der Waals surface area contributed by atoms with Crippen LogP contribution in [0.1, 0.15) is 5.56 Å². The molecule has 0 atom stereocenters. The summed E-state index contributed by atoms with van der Waals surface area (Å²) in [5, 5.41) is 15.6. The van der Waals surface area contributed by atoms with Gasteiger partial charge >= 0.3 is 11.6 Å². The molecule has 0 radical (unpaired) electrons. The van der Waals surface area contributed by atoms with Gasteiger partial charge in [-0.3, -0.25) is 15.1 Å².